The van der Waals surface area contributed by atoms with Crippen LogP contribution in [0.25, 0.3) is 0 Å². The van der Waals surface area contributed by atoms with E-state index in [-0.39, 0.29) is 0 Å². The fourth-order valence-corrected chi connectivity index (χ4v) is 3.58. The molecule has 0 atom stereocenters. The smallest absolute Gasteiger partial charge is 0.173 e. The lowest BCUT2D eigenvalue weighted by atomic mass is 10.1. The molecule has 0 unspecified atom stereocenters. The molecule has 3 rings (SSSR count). The molecular formula is C21H27N3S. The molecule has 0 bridgehead atoms. The lowest BCUT2D eigenvalue weighted by Gasteiger charge is -2.36. The SMILES string of the molecule is Cc1ccc(NC(=S)N2CCN(Cc3ccccc3C)CC2)c(C)c1. The Morgan fingerprint density at radius 3 is 2.36 bits per heavy atom. The number of anilines is 1. The predicted octanol–water partition coefficient (Wildman–Crippen LogP) is 4.13. The van der Waals surface area contributed by atoms with Gasteiger partial charge < -0.3 is 10.2 Å². The van der Waals surface area contributed by atoms with Crippen LogP contribution in [-0.2, 0) is 6.54 Å². The van der Waals surface area contributed by atoms with Crippen LogP contribution in [0.1, 0.15) is 22.3 Å². The van der Waals surface area contributed by atoms with Crippen LogP contribution in [0.3, 0.4) is 0 Å². The maximum Gasteiger partial charge on any atom is 0.173 e. The molecule has 0 radical (unpaired) electrons. The van der Waals surface area contributed by atoms with Crippen molar-refractivity contribution in [3.8, 4) is 0 Å². The molecule has 25 heavy (non-hydrogen) atoms. The Balaban J connectivity index is 1.53. The number of nitrogens with one attached hydrogen (secondary N) is 1. The van der Waals surface area contributed by atoms with E-state index in [4.69, 9.17) is 12.2 Å². The van der Waals surface area contributed by atoms with Crippen LogP contribution >= 0.6 is 12.2 Å². The van der Waals surface area contributed by atoms with Crippen LogP contribution in [0.15, 0.2) is 42.5 Å². The number of hydrogen-bond donors (Lipinski definition) is 1. The van der Waals surface area contributed by atoms with E-state index in [9.17, 15) is 0 Å². The van der Waals surface area contributed by atoms with Gasteiger partial charge in [-0.3, -0.25) is 4.90 Å². The molecule has 1 heterocycles. The molecule has 0 aromatic heterocycles. The largest absolute Gasteiger partial charge is 0.346 e. The van der Waals surface area contributed by atoms with Crippen LogP contribution in [0.4, 0.5) is 5.69 Å². The van der Waals surface area contributed by atoms with Crippen LogP contribution < -0.4 is 5.32 Å². The van der Waals surface area contributed by atoms with Gasteiger partial charge in [0.2, 0.25) is 0 Å². The highest BCUT2D eigenvalue weighted by Crippen LogP contribution is 2.18. The van der Waals surface area contributed by atoms with Gasteiger partial charge in [-0.05, 0) is 55.7 Å². The van der Waals surface area contributed by atoms with Crippen molar-refractivity contribution in [1.82, 2.24) is 9.80 Å². The van der Waals surface area contributed by atoms with Crippen molar-refractivity contribution in [3.05, 3.63) is 64.7 Å². The van der Waals surface area contributed by atoms with Gasteiger partial charge in [-0.25, -0.2) is 0 Å². The van der Waals surface area contributed by atoms with E-state index in [1.54, 1.807) is 0 Å². The van der Waals surface area contributed by atoms with E-state index in [1.165, 1.54) is 22.3 Å². The quantitative estimate of drug-likeness (QED) is 0.836. The van der Waals surface area contributed by atoms with Gasteiger partial charge in [0.1, 0.15) is 0 Å². The highest BCUT2D eigenvalue weighted by Gasteiger charge is 2.19. The lowest BCUT2D eigenvalue weighted by molar-refractivity contribution is 0.176. The van der Waals surface area contributed by atoms with Crippen molar-refractivity contribution >= 4 is 23.0 Å². The van der Waals surface area contributed by atoms with Crippen molar-refractivity contribution in [3.63, 3.8) is 0 Å². The van der Waals surface area contributed by atoms with E-state index in [0.29, 0.717) is 0 Å². The second kappa shape index (κ2) is 7.98. The molecule has 1 saturated heterocycles. The van der Waals surface area contributed by atoms with Crippen molar-refractivity contribution in [1.29, 1.82) is 0 Å². The molecule has 132 valence electrons. The van der Waals surface area contributed by atoms with Gasteiger partial charge in [-0.2, -0.15) is 0 Å². The molecule has 0 spiro atoms. The zero-order valence-electron chi connectivity index (χ0n) is 15.4. The first kappa shape index (κ1) is 17.9. The first-order chi connectivity index (χ1) is 12.0. The third-order valence-corrected chi connectivity index (χ3v) is 5.30. The van der Waals surface area contributed by atoms with Crippen LogP contribution in [-0.4, -0.2) is 41.1 Å². The highest BCUT2D eigenvalue weighted by molar-refractivity contribution is 7.80. The maximum atomic E-state index is 5.63. The highest BCUT2D eigenvalue weighted by atomic mass is 32.1. The molecule has 0 amide bonds. The van der Waals surface area contributed by atoms with Gasteiger partial charge in [-0.1, -0.05) is 42.0 Å². The maximum absolute atomic E-state index is 5.63. The number of benzene rings is 2. The third-order valence-electron chi connectivity index (χ3n) is 4.94. The molecular weight excluding hydrogens is 326 g/mol. The summed E-state index contributed by atoms with van der Waals surface area (Å²) in [6.45, 7) is 11.5. The molecule has 2 aromatic carbocycles. The Morgan fingerprint density at radius 1 is 0.960 bits per heavy atom. The second-order valence-corrected chi connectivity index (χ2v) is 7.32. The van der Waals surface area contributed by atoms with E-state index in [2.05, 4.69) is 78.4 Å². The molecule has 0 aliphatic carbocycles. The summed E-state index contributed by atoms with van der Waals surface area (Å²) in [6.07, 6.45) is 0. The van der Waals surface area contributed by atoms with Crippen molar-refractivity contribution in [2.45, 2.75) is 27.3 Å². The lowest BCUT2D eigenvalue weighted by Crippen LogP contribution is -2.49. The van der Waals surface area contributed by atoms with Gasteiger partial charge >= 0.3 is 0 Å². The standard InChI is InChI=1S/C21H27N3S/c1-16-8-9-20(18(3)14-16)22-21(25)24-12-10-23(11-13-24)15-19-7-5-4-6-17(19)2/h4-9,14H,10-13,15H2,1-3H3,(H,22,25). The average Bonchev–Trinajstić information content (AvgIpc) is 2.60. The van der Waals surface area contributed by atoms with Crippen molar-refractivity contribution < 1.29 is 0 Å². The summed E-state index contributed by atoms with van der Waals surface area (Å²) >= 11 is 5.63. The van der Waals surface area contributed by atoms with Gasteiger partial charge in [0, 0.05) is 38.4 Å². The molecule has 4 heteroatoms. The Kier molecular flexibility index (Phi) is 5.71. The summed E-state index contributed by atoms with van der Waals surface area (Å²) in [7, 11) is 0. The number of aryl methyl sites for hydroxylation is 3. The van der Waals surface area contributed by atoms with E-state index in [0.717, 1.165) is 43.5 Å². The van der Waals surface area contributed by atoms with Gasteiger partial charge in [-0.15, -0.1) is 0 Å². The van der Waals surface area contributed by atoms with Crippen LogP contribution in [0.2, 0.25) is 0 Å². The van der Waals surface area contributed by atoms with Gasteiger partial charge in [0.15, 0.2) is 5.11 Å². The van der Waals surface area contributed by atoms with E-state index in [1.807, 2.05) is 0 Å². The monoisotopic (exact) mass is 353 g/mol. The first-order valence-electron chi connectivity index (χ1n) is 8.93. The molecule has 3 nitrogen and oxygen atoms in total. The zero-order chi connectivity index (χ0) is 17.8. The number of hydrogen-bond acceptors (Lipinski definition) is 2. The van der Waals surface area contributed by atoms with E-state index < -0.39 is 0 Å². The fourth-order valence-electron chi connectivity index (χ4n) is 3.29. The minimum Gasteiger partial charge on any atom is -0.346 e. The zero-order valence-corrected chi connectivity index (χ0v) is 16.2. The molecule has 0 saturated carbocycles. The number of rotatable bonds is 3. The van der Waals surface area contributed by atoms with Crippen molar-refractivity contribution in [2.75, 3.05) is 31.5 Å². The summed E-state index contributed by atoms with van der Waals surface area (Å²) in [5.41, 5.74) is 6.42. The Morgan fingerprint density at radius 2 is 1.68 bits per heavy atom. The first-order valence-corrected chi connectivity index (χ1v) is 9.34. The summed E-state index contributed by atoms with van der Waals surface area (Å²) in [4.78, 5) is 4.79. The normalized spacial score (nSPS) is 15.2. The summed E-state index contributed by atoms with van der Waals surface area (Å²) < 4.78 is 0. The Bertz CT molecular complexity index is 749. The summed E-state index contributed by atoms with van der Waals surface area (Å²) in [5.74, 6) is 0. The minimum atomic E-state index is 0.836. The van der Waals surface area contributed by atoms with E-state index >= 15 is 0 Å². The molecule has 1 aliphatic rings. The topological polar surface area (TPSA) is 18.5 Å². The fraction of sp³-hybridized carbons (Fsp3) is 0.381. The van der Waals surface area contributed by atoms with Crippen LogP contribution in [0.5, 0.6) is 0 Å². The second-order valence-electron chi connectivity index (χ2n) is 6.94. The molecule has 1 N–H and O–H groups in total. The van der Waals surface area contributed by atoms with Crippen molar-refractivity contribution in [2.24, 2.45) is 0 Å². The molecule has 1 aliphatic heterocycles. The predicted molar refractivity (Wildman–Crippen MR) is 110 cm³/mol. The summed E-state index contributed by atoms with van der Waals surface area (Å²) in [6, 6.07) is 15.1. The Hall–Kier alpha value is -1.91. The van der Waals surface area contributed by atoms with Crippen LogP contribution in [0, 0.1) is 20.8 Å². The third kappa shape index (κ3) is 4.59. The molecule has 1 fully saturated rings. The van der Waals surface area contributed by atoms with Gasteiger partial charge in [0.25, 0.3) is 0 Å². The number of thiocarbonyl (C=S) groups is 1. The number of nitrogens with zero attached hydrogens (tertiary/aromatic N) is 2. The summed E-state index contributed by atoms with van der Waals surface area (Å²) in [5, 5.41) is 4.26. The van der Waals surface area contributed by atoms with Gasteiger partial charge in [0.05, 0.1) is 0 Å². The Labute approximate surface area is 156 Å². The average molecular weight is 354 g/mol. The minimum absolute atomic E-state index is 0.836. The molecule has 2 aromatic rings. The number of piperazine rings is 1.